The summed E-state index contributed by atoms with van der Waals surface area (Å²) < 4.78 is 23.8. The van der Waals surface area contributed by atoms with Gasteiger partial charge in [0.2, 0.25) is 0 Å². The first-order valence-electron chi connectivity index (χ1n) is 9.56. The number of aryl methyl sites for hydroxylation is 1. The summed E-state index contributed by atoms with van der Waals surface area (Å²) in [6.07, 6.45) is 0. The summed E-state index contributed by atoms with van der Waals surface area (Å²) in [4.78, 5) is 31.0. The van der Waals surface area contributed by atoms with Crippen molar-refractivity contribution in [2.45, 2.75) is 20.4 Å². The van der Waals surface area contributed by atoms with E-state index in [-0.39, 0.29) is 23.8 Å². The minimum absolute atomic E-state index is 0.237. The topological polar surface area (TPSA) is 68.7 Å². The molecular weight excluding hydrogens is 387 g/mol. The van der Waals surface area contributed by atoms with Crippen LogP contribution in [0.25, 0.3) is 10.9 Å². The Kier molecular flexibility index (Phi) is 6.61. The first kappa shape index (κ1) is 21.2. The molecule has 0 unspecified atom stereocenters. The lowest BCUT2D eigenvalue weighted by atomic mass is 10.1. The average molecular weight is 410 g/mol. The van der Waals surface area contributed by atoms with Crippen LogP contribution in [-0.4, -0.2) is 42.0 Å². The summed E-state index contributed by atoms with van der Waals surface area (Å²) in [6.45, 7) is 3.76. The number of hydrogen-bond acceptors (Lipinski definition) is 5. The minimum Gasteiger partial charge on any atom is -0.497 e. The lowest BCUT2D eigenvalue weighted by Crippen LogP contribution is -2.34. The Morgan fingerprint density at radius 2 is 1.93 bits per heavy atom. The third-order valence-corrected chi connectivity index (χ3v) is 4.76. The van der Waals surface area contributed by atoms with Crippen molar-refractivity contribution in [2.75, 3.05) is 20.3 Å². The largest absolute Gasteiger partial charge is 0.497 e. The van der Waals surface area contributed by atoms with Crippen LogP contribution >= 0.6 is 0 Å². The summed E-state index contributed by atoms with van der Waals surface area (Å²) in [5.41, 5.74) is 2.20. The van der Waals surface area contributed by atoms with E-state index in [0.29, 0.717) is 23.6 Å². The highest BCUT2D eigenvalue weighted by Gasteiger charge is 2.18. The maximum absolute atomic E-state index is 13.4. The van der Waals surface area contributed by atoms with E-state index in [9.17, 15) is 14.0 Å². The van der Waals surface area contributed by atoms with Gasteiger partial charge >= 0.3 is 5.97 Å². The highest BCUT2D eigenvalue weighted by molar-refractivity contribution is 5.96. The molecular formula is C23H23FN2O4. The summed E-state index contributed by atoms with van der Waals surface area (Å²) in [6, 6.07) is 13.1. The molecule has 30 heavy (non-hydrogen) atoms. The highest BCUT2D eigenvalue weighted by Crippen LogP contribution is 2.22. The zero-order chi connectivity index (χ0) is 21.7. The van der Waals surface area contributed by atoms with Crippen LogP contribution in [0.4, 0.5) is 4.39 Å². The summed E-state index contributed by atoms with van der Waals surface area (Å²) >= 11 is 0. The van der Waals surface area contributed by atoms with Gasteiger partial charge in [0.25, 0.3) is 5.91 Å². The van der Waals surface area contributed by atoms with Gasteiger partial charge < -0.3 is 14.4 Å². The van der Waals surface area contributed by atoms with Gasteiger partial charge in [-0.15, -0.1) is 0 Å². The number of carbonyl (C=O) groups is 2. The molecule has 0 aliphatic rings. The van der Waals surface area contributed by atoms with Gasteiger partial charge in [-0.1, -0.05) is 12.1 Å². The van der Waals surface area contributed by atoms with Gasteiger partial charge in [0.15, 0.2) is 6.61 Å². The Bertz CT molecular complexity index is 1080. The van der Waals surface area contributed by atoms with E-state index in [0.717, 1.165) is 10.9 Å². The number of fused-ring (bicyclic) bond motifs is 1. The van der Waals surface area contributed by atoms with Crippen molar-refractivity contribution in [1.82, 2.24) is 9.88 Å². The first-order chi connectivity index (χ1) is 14.4. The van der Waals surface area contributed by atoms with Crippen LogP contribution < -0.4 is 4.74 Å². The van der Waals surface area contributed by atoms with E-state index in [1.54, 1.807) is 44.4 Å². The van der Waals surface area contributed by atoms with Crippen LogP contribution in [-0.2, 0) is 16.1 Å². The number of likely N-dealkylation sites (N-methyl/N-ethyl adjacent to an activating group) is 1. The van der Waals surface area contributed by atoms with Gasteiger partial charge in [0.1, 0.15) is 11.6 Å². The van der Waals surface area contributed by atoms with Gasteiger partial charge in [0.05, 0.1) is 23.9 Å². The molecule has 3 aromatic rings. The molecule has 1 amide bonds. The molecule has 1 aromatic heterocycles. The van der Waals surface area contributed by atoms with Crippen LogP contribution in [0, 0.1) is 12.7 Å². The molecule has 2 aromatic carbocycles. The zero-order valence-electron chi connectivity index (χ0n) is 17.1. The molecule has 156 valence electrons. The molecule has 1 heterocycles. The lowest BCUT2D eigenvalue weighted by molar-refractivity contribution is -0.134. The molecule has 0 N–H and O–H groups in total. The quantitative estimate of drug-likeness (QED) is 0.553. The molecule has 0 saturated carbocycles. The molecule has 0 fully saturated rings. The Morgan fingerprint density at radius 1 is 1.13 bits per heavy atom. The molecule has 0 saturated heterocycles. The Labute approximate surface area is 174 Å². The van der Waals surface area contributed by atoms with E-state index >= 15 is 0 Å². The van der Waals surface area contributed by atoms with E-state index in [1.165, 1.54) is 17.0 Å². The molecule has 0 aliphatic heterocycles. The Balaban J connectivity index is 1.69. The number of esters is 1. The first-order valence-corrected chi connectivity index (χ1v) is 9.56. The normalized spacial score (nSPS) is 10.7. The summed E-state index contributed by atoms with van der Waals surface area (Å²) in [7, 11) is 1.56. The van der Waals surface area contributed by atoms with Crippen LogP contribution in [0.5, 0.6) is 5.75 Å². The standard InChI is InChI=1S/C23H23FN2O4/c1-4-26(13-16-6-5-7-18(24)10-16)22(27)14-30-23(28)20-12-17-11-19(29-3)8-9-21(17)25-15(20)2/h5-12H,4,13-14H2,1-3H3. The smallest absolute Gasteiger partial charge is 0.340 e. The second kappa shape index (κ2) is 9.35. The predicted molar refractivity (Wildman–Crippen MR) is 111 cm³/mol. The number of benzene rings is 2. The zero-order valence-corrected chi connectivity index (χ0v) is 17.1. The number of ether oxygens (including phenoxy) is 2. The van der Waals surface area contributed by atoms with Gasteiger partial charge in [-0.25, -0.2) is 9.18 Å². The number of pyridine rings is 1. The molecule has 6 nitrogen and oxygen atoms in total. The predicted octanol–water partition coefficient (Wildman–Crippen LogP) is 3.90. The Hall–Kier alpha value is -3.48. The number of halogens is 1. The lowest BCUT2D eigenvalue weighted by Gasteiger charge is -2.21. The van der Waals surface area contributed by atoms with E-state index in [2.05, 4.69) is 4.98 Å². The molecule has 0 aliphatic carbocycles. The van der Waals surface area contributed by atoms with Crippen molar-refractivity contribution in [3.8, 4) is 5.75 Å². The van der Waals surface area contributed by atoms with Crippen molar-refractivity contribution in [3.63, 3.8) is 0 Å². The number of nitrogens with zero attached hydrogens (tertiary/aromatic N) is 2. The number of amides is 1. The van der Waals surface area contributed by atoms with Crippen LogP contribution in [0.1, 0.15) is 28.5 Å². The molecule has 0 bridgehead atoms. The van der Waals surface area contributed by atoms with E-state index in [4.69, 9.17) is 9.47 Å². The van der Waals surface area contributed by atoms with Crippen LogP contribution in [0.15, 0.2) is 48.5 Å². The van der Waals surface area contributed by atoms with Gasteiger partial charge in [-0.3, -0.25) is 9.78 Å². The van der Waals surface area contributed by atoms with E-state index < -0.39 is 12.6 Å². The van der Waals surface area contributed by atoms with Crippen molar-refractivity contribution in [2.24, 2.45) is 0 Å². The van der Waals surface area contributed by atoms with Crippen LogP contribution in [0.3, 0.4) is 0 Å². The van der Waals surface area contributed by atoms with Gasteiger partial charge in [0, 0.05) is 18.5 Å². The number of aromatic nitrogens is 1. The average Bonchev–Trinajstić information content (AvgIpc) is 2.74. The SMILES string of the molecule is CCN(Cc1cccc(F)c1)C(=O)COC(=O)c1cc2cc(OC)ccc2nc1C. The Morgan fingerprint density at radius 3 is 2.63 bits per heavy atom. The monoisotopic (exact) mass is 410 g/mol. The number of carbonyl (C=O) groups excluding carboxylic acids is 2. The van der Waals surface area contributed by atoms with Crippen LogP contribution in [0.2, 0.25) is 0 Å². The number of hydrogen-bond donors (Lipinski definition) is 0. The second-order valence-electron chi connectivity index (χ2n) is 6.79. The van der Waals surface area contributed by atoms with Gasteiger partial charge in [-0.2, -0.15) is 0 Å². The van der Waals surface area contributed by atoms with Crippen molar-refractivity contribution >= 4 is 22.8 Å². The number of methoxy groups -OCH3 is 1. The van der Waals surface area contributed by atoms with E-state index in [1.807, 2.05) is 13.0 Å². The second-order valence-corrected chi connectivity index (χ2v) is 6.79. The third kappa shape index (κ3) is 4.92. The summed E-state index contributed by atoms with van der Waals surface area (Å²) in [5.74, 6) is -0.694. The molecule has 3 rings (SSSR count). The van der Waals surface area contributed by atoms with Crippen molar-refractivity contribution < 1.29 is 23.5 Å². The molecule has 0 spiro atoms. The maximum Gasteiger partial charge on any atom is 0.340 e. The van der Waals surface area contributed by atoms with Crippen molar-refractivity contribution in [1.29, 1.82) is 0 Å². The summed E-state index contributed by atoms with van der Waals surface area (Å²) in [5, 5.41) is 0.736. The van der Waals surface area contributed by atoms with Gasteiger partial charge in [-0.05, 0) is 55.8 Å². The molecule has 7 heteroatoms. The molecule has 0 atom stereocenters. The minimum atomic E-state index is -0.625. The maximum atomic E-state index is 13.4. The number of rotatable bonds is 7. The third-order valence-electron chi connectivity index (χ3n) is 4.76. The molecule has 0 radical (unpaired) electrons. The van der Waals surface area contributed by atoms with Crippen molar-refractivity contribution in [3.05, 3.63) is 71.2 Å². The fourth-order valence-corrected chi connectivity index (χ4v) is 3.11. The fourth-order valence-electron chi connectivity index (χ4n) is 3.11. The fraction of sp³-hybridized carbons (Fsp3) is 0.261. The highest BCUT2D eigenvalue weighted by atomic mass is 19.1.